The molecule has 1 unspecified atom stereocenters. The van der Waals surface area contributed by atoms with Gasteiger partial charge in [0.2, 0.25) is 11.8 Å². The van der Waals surface area contributed by atoms with E-state index < -0.39 is 0 Å². The molecule has 0 bridgehead atoms. The molecule has 0 aliphatic carbocycles. The van der Waals surface area contributed by atoms with Gasteiger partial charge in [-0.2, -0.15) is 0 Å². The van der Waals surface area contributed by atoms with Crippen molar-refractivity contribution in [2.24, 2.45) is 5.92 Å². The third kappa shape index (κ3) is 5.92. The Morgan fingerprint density at radius 1 is 1.33 bits per heavy atom. The largest absolute Gasteiger partial charge is 0.466 e. The van der Waals surface area contributed by atoms with E-state index in [1.807, 2.05) is 0 Å². The topological polar surface area (TPSA) is 88.9 Å². The van der Waals surface area contributed by atoms with E-state index in [2.05, 4.69) is 15.9 Å². The Morgan fingerprint density at radius 2 is 2.07 bits per heavy atom. The highest BCUT2D eigenvalue weighted by atomic mass is 79.9. The summed E-state index contributed by atoms with van der Waals surface area (Å²) < 4.78 is 7.01. The zero-order valence-electron chi connectivity index (χ0n) is 15.5. The number of amides is 2. The van der Waals surface area contributed by atoms with Crippen molar-refractivity contribution >= 4 is 33.7 Å². The molecule has 1 aliphatic rings. The number of piperidine rings is 1. The molecule has 0 saturated carbocycles. The molecule has 0 spiro atoms. The van der Waals surface area contributed by atoms with Crippen LogP contribution in [0.4, 0.5) is 0 Å². The summed E-state index contributed by atoms with van der Waals surface area (Å²) in [5, 5.41) is 0. The number of carbonyl (C=O) groups excluding carboxylic acids is 3. The zero-order chi connectivity index (χ0) is 20.0. The zero-order valence-corrected chi connectivity index (χ0v) is 17.1. The summed E-state index contributed by atoms with van der Waals surface area (Å²) >= 11 is 3.26. The van der Waals surface area contributed by atoms with Crippen LogP contribution in [0.2, 0.25) is 0 Å². The van der Waals surface area contributed by atoms with Crippen LogP contribution >= 0.6 is 15.9 Å². The summed E-state index contributed by atoms with van der Waals surface area (Å²) in [7, 11) is 1.52. The molecule has 8 nitrogen and oxygen atoms in total. The smallest absolute Gasteiger partial charge is 0.310 e. The Bertz CT molecular complexity index is 764. The second-order valence-corrected chi connectivity index (χ2v) is 7.41. The van der Waals surface area contributed by atoms with Gasteiger partial charge in [-0.1, -0.05) is 0 Å². The average molecular weight is 442 g/mol. The highest BCUT2D eigenvalue weighted by Gasteiger charge is 2.30. The van der Waals surface area contributed by atoms with Crippen LogP contribution in [-0.2, 0) is 25.7 Å². The van der Waals surface area contributed by atoms with E-state index in [0.717, 1.165) is 6.42 Å². The second kappa shape index (κ2) is 9.68. The van der Waals surface area contributed by atoms with E-state index >= 15 is 0 Å². The predicted octanol–water partition coefficient (Wildman–Crippen LogP) is 0.871. The van der Waals surface area contributed by atoms with E-state index in [9.17, 15) is 19.2 Å². The second-order valence-electron chi connectivity index (χ2n) is 6.49. The number of rotatable bonds is 6. The van der Waals surface area contributed by atoms with E-state index in [0.29, 0.717) is 30.6 Å². The maximum Gasteiger partial charge on any atom is 0.310 e. The number of aromatic nitrogens is 1. The van der Waals surface area contributed by atoms with Crippen molar-refractivity contribution in [2.45, 2.75) is 26.3 Å². The molecule has 2 heterocycles. The van der Waals surface area contributed by atoms with Gasteiger partial charge < -0.3 is 19.1 Å². The number of likely N-dealkylation sites (tertiary alicyclic amines) is 1. The molecule has 148 valence electrons. The van der Waals surface area contributed by atoms with E-state index in [4.69, 9.17) is 4.74 Å². The van der Waals surface area contributed by atoms with Crippen LogP contribution in [0.3, 0.4) is 0 Å². The molecule has 27 heavy (non-hydrogen) atoms. The minimum atomic E-state index is -0.345. The number of ether oxygens (including phenoxy) is 1. The quantitative estimate of drug-likeness (QED) is 0.611. The Morgan fingerprint density at radius 3 is 2.78 bits per heavy atom. The molecule has 9 heteroatoms. The van der Waals surface area contributed by atoms with Crippen molar-refractivity contribution in [1.29, 1.82) is 0 Å². The number of carbonyl (C=O) groups is 3. The number of halogens is 1. The molecule has 2 amide bonds. The number of likely N-dealkylation sites (N-methyl/N-ethyl adjacent to an activating group) is 1. The third-order valence-electron chi connectivity index (χ3n) is 4.45. The maximum atomic E-state index is 12.5. The monoisotopic (exact) mass is 441 g/mol. The van der Waals surface area contributed by atoms with Crippen molar-refractivity contribution in [3.8, 4) is 0 Å². The van der Waals surface area contributed by atoms with Crippen LogP contribution in [0.5, 0.6) is 0 Å². The fraction of sp³-hybridized carbons (Fsp3) is 0.556. The molecule has 0 aromatic carbocycles. The number of hydrogen-bond acceptors (Lipinski definition) is 5. The van der Waals surface area contributed by atoms with Gasteiger partial charge in [-0.3, -0.25) is 19.2 Å². The maximum absolute atomic E-state index is 12.5. The molecule has 1 aliphatic heterocycles. The predicted molar refractivity (Wildman–Crippen MR) is 102 cm³/mol. The van der Waals surface area contributed by atoms with Gasteiger partial charge in [0.15, 0.2) is 0 Å². The molecule has 1 aromatic rings. The van der Waals surface area contributed by atoms with Crippen molar-refractivity contribution in [2.75, 3.05) is 33.3 Å². The van der Waals surface area contributed by atoms with Crippen LogP contribution < -0.4 is 5.56 Å². The lowest BCUT2D eigenvalue weighted by Gasteiger charge is -2.32. The standard InChI is InChI=1S/C18H24BrN3O5/c1-3-27-18(26)13-5-4-8-21(9-13)17(25)11-20(2)16(24)12-22-10-14(19)6-7-15(22)23/h6-7,10,13H,3-5,8-9,11-12H2,1-2H3. The van der Waals surface area contributed by atoms with Gasteiger partial charge in [-0.15, -0.1) is 0 Å². The first-order chi connectivity index (χ1) is 12.8. The molecule has 1 aromatic heterocycles. The number of esters is 1. The first-order valence-corrected chi connectivity index (χ1v) is 9.65. The fourth-order valence-corrected chi connectivity index (χ4v) is 3.32. The van der Waals surface area contributed by atoms with Gasteiger partial charge in [0.1, 0.15) is 6.54 Å². The minimum Gasteiger partial charge on any atom is -0.466 e. The number of pyridine rings is 1. The van der Waals surface area contributed by atoms with E-state index in [1.54, 1.807) is 17.9 Å². The molecule has 2 rings (SSSR count). The Balaban J connectivity index is 1.92. The van der Waals surface area contributed by atoms with E-state index in [1.165, 1.54) is 28.8 Å². The van der Waals surface area contributed by atoms with Gasteiger partial charge in [-0.05, 0) is 41.8 Å². The van der Waals surface area contributed by atoms with Crippen LogP contribution in [0.1, 0.15) is 19.8 Å². The molecule has 1 fully saturated rings. The average Bonchev–Trinajstić information content (AvgIpc) is 2.64. The molecular formula is C18H24BrN3O5. The Hall–Kier alpha value is -2.16. The SMILES string of the molecule is CCOC(=O)C1CCCN(C(=O)CN(C)C(=O)Cn2cc(Br)ccc2=O)C1. The summed E-state index contributed by atoms with van der Waals surface area (Å²) in [6, 6.07) is 2.97. The van der Waals surface area contributed by atoms with Gasteiger partial charge in [0, 0.05) is 36.9 Å². The normalized spacial score (nSPS) is 16.7. The van der Waals surface area contributed by atoms with Gasteiger partial charge in [0.05, 0.1) is 19.1 Å². The van der Waals surface area contributed by atoms with Crippen LogP contribution in [0, 0.1) is 5.92 Å². The van der Waals surface area contributed by atoms with Gasteiger partial charge in [0.25, 0.3) is 5.56 Å². The first-order valence-electron chi connectivity index (χ1n) is 8.86. The van der Waals surface area contributed by atoms with Crippen LogP contribution in [-0.4, -0.2) is 65.4 Å². The highest BCUT2D eigenvalue weighted by Crippen LogP contribution is 2.18. The van der Waals surface area contributed by atoms with Crippen molar-refractivity contribution in [3.05, 3.63) is 33.2 Å². The van der Waals surface area contributed by atoms with Gasteiger partial charge >= 0.3 is 5.97 Å². The lowest BCUT2D eigenvalue weighted by molar-refractivity contribution is -0.152. The lowest BCUT2D eigenvalue weighted by atomic mass is 9.98. The Labute approximate surface area is 166 Å². The van der Waals surface area contributed by atoms with Crippen LogP contribution in [0.15, 0.2) is 27.6 Å². The summed E-state index contributed by atoms with van der Waals surface area (Å²) in [5.74, 6) is -1.17. The van der Waals surface area contributed by atoms with Crippen molar-refractivity contribution < 1.29 is 19.1 Å². The summed E-state index contributed by atoms with van der Waals surface area (Å²) in [4.78, 5) is 51.5. The van der Waals surface area contributed by atoms with E-state index in [-0.39, 0.29) is 42.4 Å². The van der Waals surface area contributed by atoms with Gasteiger partial charge in [-0.25, -0.2) is 0 Å². The summed E-state index contributed by atoms with van der Waals surface area (Å²) in [5.41, 5.74) is -0.292. The molecule has 1 atom stereocenters. The number of nitrogens with zero attached hydrogens (tertiary/aromatic N) is 3. The minimum absolute atomic E-state index is 0.100. The fourth-order valence-electron chi connectivity index (χ4n) is 2.94. The van der Waals surface area contributed by atoms with Crippen LogP contribution in [0.25, 0.3) is 0 Å². The summed E-state index contributed by atoms with van der Waals surface area (Å²) in [6.45, 7) is 2.69. The molecular weight excluding hydrogens is 418 g/mol. The number of hydrogen-bond donors (Lipinski definition) is 0. The Kier molecular flexibility index (Phi) is 7.58. The van der Waals surface area contributed by atoms with Crippen molar-refractivity contribution in [3.63, 3.8) is 0 Å². The first kappa shape index (κ1) is 21.1. The molecule has 0 N–H and O–H groups in total. The summed E-state index contributed by atoms with van der Waals surface area (Å²) in [6.07, 6.45) is 2.95. The third-order valence-corrected chi connectivity index (χ3v) is 4.91. The molecule has 1 saturated heterocycles. The van der Waals surface area contributed by atoms with Crippen molar-refractivity contribution in [1.82, 2.24) is 14.4 Å². The molecule has 0 radical (unpaired) electrons. The highest BCUT2D eigenvalue weighted by molar-refractivity contribution is 9.10. The lowest BCUT2D eigenvalue weighted by Crippen LogP contribution is -2.47.